The van der Waals surface area contributed by atoms with Gasteiger partial charge in [-0.1, -0.05) is 109 Å². The van der Waals surface area contributed by atoms with E-state index in [0.717, 1.165) is 23.4 Å². The zero-order valence-corrected chi connectivity index (χ0v) is 29.6. The van der Waals surface area contributed by atoms with Crippen molar-refractivity contribution in [1.29, 1.82) is 0 Å². The van der Waals surface area contributed by atoms with Crippen LogP contribution < -0.4 is 0 Å². The van der Waals surface area contributed by atoms with E-state index in [9.17, 15) is 0 Å². The molecule has 53 heavy (non-hydrogen) atoms. The molecule has 0 radical (unpaired) electrons. The van der Waals surface area contributed by atoms with Crippen molar-refractivity contribution in [2.75, 3.05) is 0 Å². The minimum absolute atomic E-state index is 1.00. The first-order chi connectivity index (χ1) is 26.3. The van der Waals surface area contributed by atoms with Gasteiger partial charge in [-0.2, -0.15) is 0 Å². The first-order valence-electron chi connectivity index (χ1n) is 18.3. The molecule has 0 saturated carbocycles. The molecule has 248 valence electrons. The number of hydrogen-bond acceptors (Lipinski definition) is 2. The van der Waals surface area contributed by atoms with Gasteiger partial charge in [-0.25, -0.2) is 4.98 Å². The maximum atomic E-state index is 5.27. The van der Waals surface area contributed by atoms with Crippen LogP contribution in [0.25, 0.3) is 97.7 Å². The van der Waals surface area contributed by atoms with Gasteiger partial charge in [-0.3, -0.25) is 0 Å². The largest absolute Gasteiger partial charge is 0.309 e. The van der Waals surface area contributed by atoms with Crippen LogP contribution in [0, 0.1) is 0 Å². The number of hydrogen-bond donors (Lipinski definition) is 0. The van der Waals surface area contributed by atoms with E-state index in [1.165, 1.54) is 98.3 Å². The smallest absolute Gasteiger partial charge is 0.124 e. The fraction of sp³-hybridized carbons (Fsp3) is 0.0408. The van der Waals surface area contributed by atoms with Gasteiger partial charge >= 0.3 is 0 Å². The maximum Gasteiger partial charge on any atom is 0.124 e. The van der Waals surface area contributed by atoms with Crippen molar-refractivity contribution < 1.29 is 0 Å². The average molecular weight is 694 g/mol. The van der Waals surface area contributed by atoms with Crippen molar-refractivity contribution in [1.82, 2.24) is 14.1 Å². The van der Waals surface area contributed by atoms with E-state index in [-0.39, 0.29) is 0 Å². The van der Waals surface area contributed by atoms with Gasteiger partial charge in [-0.05, 0) is 94.9 Å². The molecule has 0 atom stereocenters. The number of thiazole rings is 1. The van der Waals surface area contributed by atoms with Gasteiger partial charge in [0.1, 0.15) is 5.01 Å². The Balaban J connectivity index is 1.13. The molecular weight excluding hydrogens is 663 g/mol. The second-order valence-electron chi connectivity index (χ2n) is 14.3. The second-order valence-corrected chi connectivity index (χ2v) is 15.3. The monoisotopic (exact) mass is 693 g/mol. The summed E-state index contributed by atoms with van der Waals surface area (Å²) in [5, 5.41) is 8.74. The summed E-state index contributed by atoms with van der Waals surface area (Å²) in [7, 11) is 0. The van der Waals surface area contributed by atoms with Crippen LogP contribution in [0.15, 0.2) is 164 Å². The Hall–Kier alpha value is -6.49. The van der Waals surface area contributed by atoms with Gasteiger partial charge in [-0.15, -0.1) is 11.3 Å². The SMILES string of the molecule is c1ccc(-c2nc3c4c(ccc3s2)CCc2cc(-n3c5cc6c(cc5c5c7ccccc7ccc53)c3ccccc3n6-c3ccccc3)ccc2-4)cc1. The van der Waals surface area contributed by atoms with E-state index in [1.807, 2.05) is 0 Å². The molecule has 0 fully saturated rings. The van der Waals surface area contributed by atoms with Crippen molar-refractivity contribution in [3.63, 3.8) is 0 Å². The third kappa shape index (κ3) is 4.18. The first kappa shape index (κ1) is 29.1. The van der Waals surface area contributed by atoms with Crippen molar-refractivity contribution in [2.45, 2.75) is 12.8 Å². The second kappa shape index (κ2) is 11.0. The molecule has 0 amide bonds. The Kier molecular flexibility index (Phi) is 6.05. The lowest BCUT2D eigenvalue weighted by Gasteiger charge is -2.22. The van der Waals surface area contributed by atoms with Gasteiger partial charge in [0, 0.05) is 44.0 Å². The van der Waals surface area contributed by atoms with Crippen LogP contribution in [0.3, 0.4) is 0 Å². The highest BCUT2D eigenvalue weighted by atomic mass is 32.1. The number of fused-ring (bicyclic) bond motifs is 13. The van der Waals surface area contributed by atoms with Crippen molar-refractivity contribution in [3.8, 4) is 33.1 Å². The standard InChI is InChI=1S/C49H31N3S/c1-3-12-32(13-4-1)49-50-48-45(53-49)26-22-31-19-20-33-27-35(23-24-37(33)46(31)48)52-42-25-21-30-11-7-8-16-36(30)47(42)40-28-39-38-17-9-10-18-41(38)51(43(39)29-44(40)52)34-14-5-2-6-15-34/h1-18,21-29H,19-20H2. The van der Waals surface area contributed by atoms with Crippen LogP contribution in [0.4, 0.5) is 0 Å². The van der Waals surface area contributed by atoms with E-state index >= 15 is 0 Å². The Bertz CT molecular complexity index is 3270. The summed E-state index contributed by atoms with van der Waals surface area (Å²) < 4.78 is 6.18. The highest BCUT2D eigenvalue weighted by Gasteiger charge is 2.24. The molecule has 0 spiro atoms. The van der Waals surface area contributed by atoms with Gasteiger partial charge in [0.25, 0.3) is 0 Å². The van der Waals surface area contributed by atoms with E-state index in [1.54, 1.807) is 11.3 Å². The molecule has 0 bridgehead atoms. The van der Waals surface area contributed by atoms with E-state index in [4.69, 9.17) is 4.98 Å². The number of rotatable bonds is 3. The van der Waals surface area contributed by atoms with Gasteiger partial charge < -0.3 is 9.13 Å². The molecule has 1 aliphatic carbocycles. The molecule has 3 aromatic heterocycles. The Morgan fingerprint density at radius 2 is 1.21 bits per heavy atom. The lowest BCUT2D eigenvalue weighted by atomic mass is 9.84. The number of aromatic nitrogens is 3. The van der Waals surface area contributed by atoms with E-state index in [0.29, 0.717) is 0 Å². The zero-order valence-electron chi connectivity index (χ0n) is 28.8. The van der Waals surface area contributed by atoms with Crippen LogP contribution in [0.1, 0.15) is 11.1 Å². The third-order valence-electron chi connectivity index (χ3n) is 11.4. The predicted molar refractivity (Wildman–Crippen MR) is 224 cm³/mol. The summed E-state index contributed by atoms with van der Waals surface area (Å²) in [6.45, 7) is 0. The fourth-order valence-electron chi connectivity index (χ4n) is 9.07. The Morgan fingerprint density at radius 3 is 2.09 bits per heavy atom. The number of benzene rings is 8. The molecule has 11 aromatic rings. The van der Waals surface area contributed by atoms with Crippen LogP contribution >= 0.6 is 11.3 Å². The Labute approximate surface area is 309 Å². The quantitative estimate of drug-likeness (QED) is 0.181. The summed E-state index contributed by atoms with van der Waals surface area (Å²) in [6, 6.07) is 60.2. The van der Waals surface area contributed by atoms with Crippen LogP contribution in [0.5, 0.6) is 0 Å². The van der Waals surface area contributed by atoms with E-state index < -0.39 is 0 Å². The summed E-state index contributed by atoms with van der Waals surface area (Å²) >= 11 is 1.79. The molecule has 12 rings (SSSR count). The molecule has 1 aliphatic rings. The summed E-state index contributed by atoms with van der Waals surface area (Å²) in [5.41, 5.74) is 14.9. The van der Waals surface area contributed by atoms with Crippen LogP contribution in [0.2, 0.25) is 0 Å². The van der Waals surface area contributed by atoms with Crippen molar-refractivity contribution in [2.24, 2.45) is 0 Å². The molecule has 8 aromatic carbocycles. The maximum absolute atomic E-state index is 5.27. The lowest BCUT2D eigenvalue weighted by Crippen LogP contribution is -2.06. The molecule has 0 unspecified atom stereocenters. The first-order valence-corrected chi connectivity index (χ1v) is 19.2. The number of nitrogens with zero attached hydrogens (tertiary/aromatic N) is 3. The molecule has 0 N–H and O–H groups in total. The van der Waals surface area contributed by atoms with Gasteiger partial charge in [0.2, 0.25) is 0 Å². The van der Waals surface area contributed by atoms with Crippen LogP contribution in [-0.4, -0.2) is 14.1 Å². The van der Waals surface area contributed by atoms with Gasteiger partial charge in [0.05, 0.1) is 32.3 Å². The minimum atomic E-state index is 1.00. The fourth-order valence-corrected chi connectivity index (χ4v) is 10.0. The third-order valence-corrected chi connectivity index (χ3v) is 12.5. The van der Waals surface area contributed by atoms with Crippen LogP contribution in [-0.2, 0) is 12.8 Å². The van der Waals surface area contributed by atoms with Crippen molar-refractivity contribution >= 4 is 75.9 Å². The number of aryl methyl sites for hydroxylation is 2. The lowest BCUT2D eigenvalue weighted by molar-refractivity contribution is 0.940. The molecule has 0 aliphatic heterocycles. The highest BCUT2D eigenvalue weighted by Crippen LogP contribution is 2.45. The molecule has 4 heteroatoms. The molecular formula is C49H31N3S. The normalized spacial score (nSPS) is 12.8. The molecule has 3 nitrogen and oxygen atoms in total. The average Bonchev–Trinajstić information content (AvgIpc) is 3.90. The zero-order chi connectivity index (χ0) is 34.6. The highest BCUT2D eigenvalue weighted by molar-refractivity contribution is 7.21. The number of para-hydroxylation sites is 2. The topological polar surface area (TPSA) is 22.8 Å². The summed E-state index contributed by atoms with van der Waals surface area (Å²) in [4.78, 5) is 5.27. The van der Waals surface area contributed by atoms with Crippen molar-refractivity contribution in [3.05, 3.63) is 175 Å². The molecule has 3 heterocycles. The summed E-state index contributed by atoms with van der Waals surface area (Å²) in [5.74, 6) is 0. The van der Waals surface area contributed by atoms with E-state index in [2.05, 4.69) is 173 Å². The minimum Gasteiger partial charge on any atom is -0.309 e. The predicted octanol–water partition coefficient (Wildman–Crippen LogP) is 13.1. The molecule has 0 saturated heterocycles. The Morgan fingerprint density at radius 1 is 0.472 bits per heavy atom. The van der Waals surface area contributed by atoms with Gasteiger partial charge in [0.15, 0.2) is 0 Å². The summed E-state index contributed by atoms with van der Waals surface area (Å²) in [6.07, 6.45) is 2.01.